The molecule has 0 aromatic carbocycles. The van der Waals surface area contributed by atoms with Crippen LogP contribution in [0.5, 0.6) is 0 Å². The van der Waals surface area contributed by atoms with Gasteiger partial charge in [0.1, 0.15) is 0 Å². The van der Waals surface area contributed by atoms with Gasteiger partial charge in [-0.1, -0.05) is 0 Å². The Hall–Kier alpha value is -0.770. The van der Waals surface area contributed by atoms with Crippen LogP contribution in [0.1, 0.15) is 45.4 Å². The van der Waals surface area contributed by atoms with Crippen molar-refractivity contribution in [3.63, 3.8) is 0 Å². The van der Waals surface area contributed by atoms with Gasteiger partial charge in [0.2, 0.25) is 0 Å². The van der Waals surface area contributed by atoms with E-state index in [2.05, 4.69) is 29.5 Å². The van der Waals surface area contributed by atoms with Crippen LogP contribution in [0.4, 0.5) is 4.79 Å². The molecule has 3 aliphatic rings. The second-order valence-corrected chi connectivity index (χ2v) is 6.80. The molecule has 0 aliphatic heterocycles. The molecule has 0 aromatic heterocycles. The Morgan fingerprint density at radius 3 is 2.21 bits per heavy atom. The SMILES string of the molecule is C[C@H](CNC(=O)NC(C1CC1)C1CC1)N(C)C1CC1. The van der Waals surface area contributed by atoms with Gasteiger partial charge in [-0.3, -0.25) is 4.90 Å². The van der Waals surface area contributed by atoms with Gasteiger partial charge in [-0.05, 0) is 64.3 Å². The van der Waals surface area contributed by atoms with E-state index in [-0.39, 0.29) is 6.03 Å². The van der Waals surface area contributed by atoms with Gasteiger partial charge in [-0.2, -0.15) is 0 Å². The average molecular weight is 265 g/mol. The fourth-order valence-electron chi connectivity index (χ4n) is 2.96. The molecule has 2 N–H and O–H groups in total. The van der Waals surface area contributed by atoms with Gasteiger partial charge in [-0.25, -0.2) is 4.79 Å². The van der Waals surface area contributed by atoms with E-state index < -0.39 is 0 Å². The molecule has 0 spiro atoms. The van der Waals surface area contributed by atoms with Crippen molar-refractivity contribution >= 4 is 6.03 Å². The van der Waals surface area contributed by atoms with Crippen LogP contribution < -0.4 is 10.6 Å². The molecule has 4 nitrogen and oxygen atoms in total. The van der Waals surface area contributed by atoms with E-state index in [1.165, 1.54) is 38.5 Å². The summed E-state index contributed by atoms with van der Waals surface area (Å²) in [7, 11) is 2.17. The third-order valence-electron chi connectivity index (χ3n) is 4.93. The van der Waals surface area contributed by atoms with Gasteiger partial charge in [0.15, 0.2) is 0 Å². The first-order chi connectivity index (χ1) is 9.15. The number of hydrogen-bond donors (Lipinski definition) is 2. The number of rotatable bonds is 7. The lowest BCUT2D eigenvalue weighted by Crippen LogP contribution is -2.48. The number of amides is 2. The molecular weight excluding hydrogens is 238 g/mol. The van der Waals surface area contributed by atoms with Crippen molar-refractivity contribution in [2.75, 3.05) is 13.6 Å². The lowest BCUT2D eigenvalue weighted by atomic mass is 10.1. The van der Waals surface area contributed by atoms with E-state index in [0.717, 1.165) is 24.4 Å². The van der Waals surface area contributed by atoms with Crippen LogP contribution in [0.3, 0.4) is 0 Å². The summed E-state index contributed by atoms with van der Waals surface area (Å²) < 4.78 is 0. The molecule has 108 valence electrons. The smallest absolute Gasteiger partial charge is 0.315 e. The number of likely N-dealkylation sites (N-methyl/N-ethyl adjacent to an activating group) is 1. The third-order valence-corrected chi connectivity index (χ3v) is 4.93. The Bertz CT molecular complexity index is 322. The van der Waals surface area contributed by atoms with E-state index in [4.69, 9.17) is 0 Å². The number of carbonyl (C=O) groups is 1. The Balaban J connectivity index is 1.38. The van der Waals surface area contributed by atoms with E-state index in [1.54, 1.807) is 0 Å². The van der Waals surface area contributed by atoms with Crippen molar-refractivity contribution in [1.29, 1.82) is 0 Å². The number of nitrogens with one attached hydrogen (secondary N) is 2. The Kier molecular flexibility index (Phi) is 3.70. The van der Waals surface area contributed by atoms with E-state index >= 15 is 0 Å². The molecule has 3 saturated carbocycles. The minimum atomic E-state index is 0.0415. The molecule has 0 radical (unpaired) electrons. The quantitative estimate of drug-likeness (QED) is 0.739. The Morgan fingerprint density at radius 1 is 1.16 bits per heavy atom. The standard InChI is InChI=1S/C15H27N3O/c1-10(18(2)13-7-8-13)9-16-15(19)17-14(11-3-4-11)12-5-6-12/h10-14H,3-9H2,1-2H3,(H2,16,17,19)/t10-/m1/s1. The highest BCUT2D eigenvalue weighted by Gasteiger charge is 2.42. The Labute approximate surface area is 116 Å². The molecule has 2 amide bonds. The molecule has 0 heterocycles. The zero-order valence-corrected chi connectivity index (χ0v) is 12.2. The zero-order valence-electron chi connectivity index (χ0n) is 12.2. The molecule has 1 atom stereocenters. The molecule has 4 heteroatoms. The van der Waals surface area contributed by atoms with Crippen molar-refractivity contribution in [2.24, 2.45) is 11.8 Å². The summed E-state index contributed by atoms with van der Waals surface area (Å²) in [5, 5.41) is 6.26. The average Bonchev–Trinajstić information content (AvgIpc) is 3.28. The largest absolute Gasteiger partial charge is 0.337 e. The Morgan fingerprint density at radius 2 is 1.74 bits per heavy atom. The monoisotopic (exact) mass is 265 g/mol. The van der Waals surface area contributed by atoms with Gasteiger partial charge >= 0.3 is 6.03 Å². The summed E-state index contributed by atoms with van der Waals surface area (Å²) >= 11 is 0. The number of carbonyl (C=O) groups excluding carboxylic acids is 1. The predicted octanol–water partition coefficient (Wildman–Crippen LogP) is 1.96. The second-order valence-electron chi connectivity index (χ2n) is 6.80. The summed E-state index contributed by atoms with van der Waals surface area (Å²) in [6.07, 6.45) is 7.87. The zero-order chi connectivity index (χ0) is 13.4. The van der Waals surface area contributed by atoms with Crippen LogP contribution in [0.15, 0.2) is 0 Å². The summed E-state index contributed by atoms with van der Waals surface area (Å²) in [5.41, 5.74) is 0. The van der Waals surface area contributed by atoms with Crippen molar-refractivity contribution in [3.05, 3.63) is 0 Å². The second kappa shape index (κ2) is 5.31. The van der Waals surface area contributed by atoms with Crippen molar-refractivity contribution in [1.82, 2.24) is 15.5 Å². The number of nitrogens with zero attached hydrogens (tertiary/aromatic N) is 1. The van der Waals surface area contributed by atoms with E-state index in [0.29, 0.717) is 12.1 Å². The minimum Gasteiger partial charge on any atom is -0.337 e. The number of urea groups is 1. The normalized spacial score (nSPS) is 24.6. The lowest BCUT2D eigenvalue weighted by molar-refractivity contribution is 0.217. The highest BCUT2D eigenvalue weighted by atomic mass is 16.2. The number of hydrogen-bond acceptors (Lipinski definition) is 2. The highest BCUT2D eigenvalue weighted by Crippen LogP contribution is 2.44. The van der Waals surface area contributed by atoms with Crippen LogP contribution in [0, 0.1) is 11.8 Å². The van der Waals surface area contributed by atoms with Gasteiger partial charge < -0.3 is 10.6 Å². The topological polar surface area (TPSA) is 44.4 Å². The maximum absolute atomic E-state index is 12.0. The third kappa shape index (κ3) is 3.62. The van der Waals surface area contributed by atoms with Crippen molar-refractivity contribution in [3.8, 4) is 0 Å². The molecule has 3 aliphatic carbocycles. The van der Waals surface area contributed by atoms with E-state index in [9.17, 15) is 4.79 Å². The van der Waals surface area contributed by atoms with Crippen LogP contribution >= 0.6 is 0 Å². The predicted molar refractivity (Wildman–Crippen MR) is 76.0 cm³/mol. The van der Waals surface area contributed by atoms with Crippen molar-refractivity contribution in [2.45, 2.75) is 63.6 Å². The van der Waals surface area contributed by atoms with Crippen LogP contribution in [-0.4, -0.2) is 42.6 Å². The summed E-state index contributed by atoms with van der Waals surface area (Å²) in [4.78, 5) is 14.4. The van der Waals surface area contributed by atoms with Crippen LogP contribution in [0.2, 0.25) is 0 Å². The lowest BCUT2D eigenvalue weighted by Gasteiger charge is -2.25. The van der Waals surface area contributed by atoms with Crippen LogP contribution in [-0.2, 0) is 0 Å². The maximum atomic E-state index is 12.0. The first-order valence-corrected chi connectivity index (χ1v) is 7.91. The van der Waals surface area contributed by atoms with Crippen molar-refractivity contribution < 1.29 is 4.79 Å². The molecule has 3 rings (SSSR count). The minimum absolute atomic E-state index is 0.0415. The van der Waals surface area contributed by atoms with Gasteiger partial charge in [0, 0.05) is 24.7 Å². The summed E-state index contributed by atoms with van der Waals surface area (Å²) in [6, 6.07) is 1.68. The molecule has 0 unspecified atom stereocenters. The fraction of sp³-hybridized carbons (Fsp3) is 0.933. The molecule has 0 bridgehead atoms. The molecule has 0 saturated heterocycles. The van der Waals surface area contributed by atoms with E-state index in [1.807, 2.05) is 0 Å². The highest BCUT2D eigenvalue weighted by molar-refractivity contribution is 5.74. The van der Waals surface area contributed by atoms with Gasteiger partial charge in [0.25, 0.3) is 0 Å². The van der Waals surface area contributed by atoms with Gasteiger partial charge in [-0.15, -0.1) is 0 Å². The maximum Gasteiger partial charge on any atom is 0.315 e. The summed E-state index contributed by atoms with van der Waals surface area (Å²) in [6.45, 7) is 2.94. The molecule has 3 fully saturated rings. The fourth-order valence-corrected chi connectivity index (χ4v) is 2.96. The molecule has 0 aromatic rings. The summed E-state index contributed by atoms with van der Waals surface area (Å²) in [5.74, 6) is 1.54. The van der Waals surface area contributed by atoms with Crippen LogP contribution in [0.25, 0.3) is 0 Å². The van der Waals surface area contributed by atoms with Gasteiger partial charge in [0.05, 0.1) is 0 Å². The first kappa shape index (κ1) is 13.2. The molecular formula is C15H27N3O. The molecule has 19 heavy (non-hydrogen) atoms. The first-order valence-electron chi connectivity index (χ1n) is 7.91.